The molecule has 1 fully saturated rings. The predicted molar refractivity (Wildman–Crippen MR) is 78.3 cm³/mol. The van der Waals surface area contributed by atoms with Crippen molar-refractivity contribution in [1.82, 2.24) is 14.8 Å². The van der Waals surface area contributed by atoms with E-state index >= 15 is 0 Å². The smallest absolute Gasteiger partial charge is 0.269 e. The van der Waals surface area contributed by atoms with E-state index in [-0.39, 0.29) is 5.56 Å². The van der Waals surface area contributed by atoms with Crippen molar-refractivity contribution in [3.63, 3.8) is 0 Å². The summed E-state index contributed by atoms with van der Waals surface area (Å²) in [7, 11) is 0. The highest BCUT2D eigenvalue weighted by molar-refractivity contribution is 6.29. The zero-order valence-corrected chi connectivity index (χ0v) is 11.8. The van der Waals surface area contributed by atoms with Gasteiger partial charge in [0.1, 0.15) is 5.15 Å². The number of halogens is 1. The summed E-state index contributed by atoms with van der Waals surface area (Å²) in [6.45, 7) is 2.33. The number of nitrogens with zero attached hydrogens (tertiary/aromatic N) is 4. The topological polar surface area (TPSA) is 51.0 Å². The van der Waals surface area contributed by atoms with Gasteiger partial charge in [0, 0.05) is 19.2 Å². The third kappa shape index (κ3) is 2.82. The Bertz CT molecular complexity index is 664. The van der Waals surface area contributed by atoms with Crippen LogP contribution in [0.3, 0.4) is 0 Å². The van der Waals surface area contributed by atoms with Crippen molar-refractivity contribution in [2.75, 3.05) is 18.0 Å². The van der Waals surface area contributed by atoms with Crippen LogP contribution in [0.5, 0.6) is 0 Å². The summed E-state index contributed by atoms with van der Waals surface area (Å²) in [5.41, 5.74) is 1.51. The maximum atomic E-state index is 12.1. The molecular formula is C14H15ClN4O. The monoisotopic (exact) mass is 290 g/mol. The van der Waals surface area contributed by atoms with E-state index < -0.39 is 0 Å². The largest absolute Gasteiger partial charge is 0.370 e. The summed E-state index contributed by atoms with van der Waals surface area (Å²) in [4.78, 5) is 18.5. The summed E-state index contributed by atoms with van der Waals surface area (Å²) in [6, 6.07) is 6.99. The first-order valence-electron chi connectivity index (χ1n) is 6.66. The average molecular weight is 291 g/mol. The molecule has 2 aromatic rings. The van der Waals surface area contributed by atoms with Crippen LogP contribution in [-0.2, 0) is 6.54 Å². The van der Waals surface area contributed by atoms with Crippen LogP contribution in [0, 0.1) is 0 Å². The third-order valence-electron chi connectivity index (χ3n) is 3.41. The Balaban J connectivity index is 1.82. The zero-order valence-electron chi connectivity index (χ0n) is 11.0. The van der Waals surface area contributed by atoms with Gasteiger partial charge in [-0.3, -0.25) is 4.79 Å². The molecule has 0 aliphatic carbocycles. The van der Waals surface area contributed by atoms with E-state index in [1.165, 1.54) is 17.5 Å². The molecule has 0 atom stereocenters. The molecule has 0 spiro atoms. The van der Waals surface area contributed by atoms with Crippen LogP contribution in [0.25, 0.3) is 0 Å². The molecule has 0 radical (unpaired) electrons. The maximum Gasteiger partial charge on any atom is 0.269 e. The van der Waals surface area contributed by atoms with Gasteiger partial charge in [0.05, 0.1) is 24.1 Å². The second-order valence-electron chi connectivity index (χ2n) is 4.86. The lowest BCUT2D eigenvalue weighted by molar-refractivity contribution is 0.626. The normalized spacial score (nSPS) is 14.8. The molecule has 1 aliphatic heterocycles. The highest BCUT2D eigenvalue weighted by Crippen LogP contribution is 2.16. The minimum Gasteiger partial charge on any atom is -0.370 e. The van der Waals surface area contributed by atoms with E-state index in [0.29, 0.717) is 11.7 Å². The van der Waals surface area contributed by atoms with E-state index in [1.807, 2.05) is 12.1 Å². The Morgan fingerprint density at radius 3 is 2.75 bits per heavy atom. The third-order valence-corrected chi connectivity index (χ3v) is 3.62. The Morgan fingerprint density at radius 1 is 1.25 bits per heavy atom. The fourth-order valence-electron chi connectivity index (χ4n) is 2.38. The molecule has 0 N–H and O–H groups in total. The molecule has 0 aromatic carbocycles. The first-order valence-corrected chi connectivity index (χ1v) is 7.04. The molecule has 0 bridgehead atoms. The average Bonchev–Trinajstić information content (AvgIpc) is 2.95. The number of anilines is 1. The highest BCUT2D eigenvalue weighted by Gasteiger charge is 2.13. The van der Waals surface area contributed by atoms with Crippen molar-refractivity contribution in [3.8, 4) is 0 Å². The van der Waals surface area contributed by atoms with Crippen molar-refractivity contribution in [2.24, 2.45) is 0 Å². The molecule has 5 nitrogen and oxygen atoms in total. The lowest BCUT2D eigenvalue weighted by Crippen LogP contribution is -2.26. The summed E-state index contributed by atoms with van der Waals surface area (Å²) in [5.74, 6) is 0. The predicted octanol–water partition coefficient (Wildman–Crippen LogP) is 1.94. The maximum absolute atomic E-state index is 12.1. The van der Waals surface area contributed by atoms with E-state index in [4.69, 9.17) is 11.6 Å². The van der Waals surface area contributed by atoms with Gasteiger partial charge in [-0.2, -0.15) is 5.10 Å². The Kier molecular flexibility index (Phi) is 3.69. The first kappa shape index (κ1) is 13.1. The molecule has 3 rings (SSSR count). The zero-order chi connectivity index (χ0) is 13.9. The van der Waals surface area contributed by atoms with E-state index in [2.05, 4.69) is 15.0 Å². The van der Waals surface area contributed by atoms with Crippen LogP contribution < -0.4 is 10.5 Å². The molecular weight excluding hydrogens is 276 g/mol. The number of aromatic nitrogens is 3. The van der Waals surface area contributed by atoms with Crippen LogP contribution in [0.4, 0.5) is 5.69 Å². The Morgan fingerprint density at radius 2 is 2.05 bits per heavy atom. The number of pyridine rings is 1. The molecule has 0 saturated carbocycles. The molecule has 6 heteroatoms. The molecule has 2 aromatic heterocycles. The van der Waals surface area contributed by atoms with Crippen molar-refractivity contribution in [1.29, 1.82) is 0 Å². The van der Waals surface area contributed by atoms with Crippen LogP contribution in [0.2, 0.25) is 5.15 Å². The van der Waals surface area contributed by atoms with Crippen LogP contribution >= 0.6 is 11.6 Å². The summed E-state index contributed by atoms with van der Waals surface area (Å²) < 4.78 is 1.40. The Labute approximate surface area is 121 Å². The molecule has 20 heavy (non-hydrogen) atoms. The van der Waals surface area contributed by atoms with Gasteiger partial charge in [-0.1, -0.05) is 17.7 Å². The van der Waals surface area contributed by atoms with Crippen LogP contribution in [0.1, 0.15) is 18.5 Å². The van der Waals surface area contributed by atoms with Crippen molar-refractivity contribution in [2.45, 2.75) is 19.4 Å². The number of hydrogen-bond acceptors (Lipinski definition) is 4. The van der Waals surface area contributed by atoms with E-state index in [9.17, 15) is 4.79 Å². The van der Waals surface area contributed by atoms with Gasteiger partial charge < -0.3 is 4.90 Å². The van der Waals surface area contributed by atoms with Gasteiger partial charge >= 0.3 is 0 Å². The van der Waals surface area contributed by atoms with Crippen LogP contribution in [-0.4, -0.2) is 27.9 Å². The second-order valence-corrected chi connectivity index (χ2v) is 5.24. The molecule has 0 unspecified atom stereocenters. The second kappa shape index (κ2) is 5.63. The standard InChI is InChI=1S/C14H15ClN4O/c15-13-5-3-4-11(17-13)10-19-14(20)8-12(9-16-19)18-6-1-2-7-18/h3-5,8-9H,1-2,6-7,10H2. The first-order chi connectivity index (χ1) is 9.72. The fraction of sp³-hybridized carbons (Fsp3) is 0.357. The highest BCUT2D eigenvalue weighted by atomic mass is 35.5. The van der Waals surface area contributed by atoms with Gasteiger partial charge in [0.25, 0.3) is 5.56 Å². The lowest BCUT2D eigenvalue weighted by Gasteiger charge is -2.17. The quantitative estimate of drug-likeness (QED) is 0.811. The van der Waals surface area contributed by atoms with Gasteiger partial charge in [-0.25, -0.2) is 9.67 Å². The SMILES string of the molecule is O=c1cc(N2CCCC2)cnn1Cc1cccc(Cl)n1. The molecule has 1 saturated heterocycles. The van der Waals surface area contributed by atoms with E-state index in [0.717, 1.165) is 24.5 Å². The summed E-state index contributed by atoms with van der Waals surface area (Å²) >= 11 is 5.84. The van der Waals surface area contributed by atoms with Crippen molar-refractivity contribution >= 4 is 17.3 Å². The number of hydrogen-bond donors (Lipinski definition) is 0. The fourth-order valence-corrected chi connectivity index (χ4v) is 2.56. The molecule has 104 valence electrons. The molecule has 0 amide bonds. The lowest BCUT2D eigenvalue weighted by atomic mass is 10.3. The van der Waals surface area contributed by atoms with Gasteiger partial charge in [0.15, 0.2) is 0 Å². The van der Waals surface area contributed by atoms with Crippen molar-refractivity contribution < 1.29 is 0 Å². The van der Waals surface area contributed by atoms with Crippen molar-refractivity contribution in [3.05, 3.63) is 51.7 Å². The molecule has 1 aliphatic rings. The van der Waals surface area contributed by atoms with E-state index in [1.54, 1.807) is 18.3 Å². The van der Waals surface area contributed by atoms with Crippen LogP contribution in [0.15, 0.2) is 35.3 Å². The Hall–Kier alpha value is -1.88. The number of rotatable bonds is 3. The van der Waals surface area contributed by atoms with Gasteiger partial charge in [0.2, 0.25) is 0 Å². The van der Waals surface area contributed by atoms with Gasteiger partial charge in [-0.15, -0.1) is 0 Å². The summed E-state index contributed by atoms with van der Waals surface area (Å²) in [6.07, 6.45) is 4.10. The molecule has 3 heterocycles. The summed E-state index contributed by atoms with van der Waals surface area (Å²) in [5, 5.41) is 4.65. The minimum absolute atomic E-state index is 0.115. The minimum atomic E-state index is -0.115. The van der Waals surface area contributed by atoms with Gasteiger partial charge in [-0.05, 0) is 25.0 Å².